The van der Waals surface area contributed by atoms with E-state index in [1.807, 2.05) is 48.5 Å². The Bertz CT molecular complexity index is 912. The Morgan fingerprint density at radius 2 is 1.88 bits per heavy atom. The fourth-order valence-corrected chi connectivity index (χ4v) is 2.51. The molecule has 0 radical (unpaired) electrons. The Hall–Kier alpha value is -3.41. The predicted octanol–water partition coefficient (Wildman–Crippen LogP) is 3.47. The number of hydrogen-bond acceptors (Lipinski definition) is 4. The Morgan fingerprint density at radius 3 is 2.71 bits per heavy atom. The average Bonchev–Trinajstić information content (AvgIpc) is 3.33. The number of rotatable bonds is 5. The van der Waals surface area contributed by atoms with Gasteiger partial charge < -0.3 is 5.32 Å². The van der Waals surface area contributed by atoms with E-state index in [-0.39, 0.29) is 0 Å². The number of benzene rings is 1. The Morgan fingerprint density at radius 1 is 0.875 bits per heavy atom. The fourth-order valence-electron chi connectivity index (χ4n) is 2.51. The molecule has 0 aliphatic carbocycles. The highest BCUT2D eigenvalue weighted by Crippen LogP contribution is 2.21. The van der Waals surface area contributed by atoms with Gasteiger partial charge in [-0.1, -0.05) is 18.2 Å². The molecule has 3 N–H and O–H groups in total. The lowest BCUT2D eigenvalue weighted by Crippen LogP contribution is -1.99. The van der Waals surface area contributed by atoms with Crippen molar-refractivity contribution < 1.29 is 0 Å². The molecule has 6 nitrogen and oxygen atoms in total. The average molecular weight is 316 g/mol. The second kappa shape index (κ2) is 6.37. The summed E-state index contributed by atoms with van der Waals surface area (Å²) in [6.45, 7) is 0.659. The number of H-pyrrole nitrogens is 2. The van der Waals surface area contributed by atoms with Gasteiger partial charge in [0.15, 0.2) is 0 Å². The molecule has 118 valence electrons. The van der Waals surface area contributed by atoms with Crippen molar-refractivity contribution in [3.63, 3.8) is 0 Å². The van der Waals surface area contributed by atoms with Crippen molar-refractivity contribution in [2.24, 2.45) is 0 Å². The predicted molar refractivity (Wildman–Crippen MR) is 93.2 cm³/mol. The Balaban J connectivity index is 1.46. The molecule has 1 aromatic carbocycles. The van der Waals surface area contributed by atoms with Crippen molar-refractivity contribution in [3.8, 4) is 22.6 Å². The fraction of sp³-hybridized carbons (Fsp3) is 0.0556. The molecular formula is C18H16N6. The zero-order valence-electron chi connectivity index (χ0n) is 12.9. The number of aromatic amines is 2. The van der Waals surface area contributed by atoms with Crippen LogP contribution >= 0.6 is 0 Å². The Labute approximate surface area is 139 Å². The van der Waals surface area contributed by atoms with Crippen molar-refractivity contribution in [1.82, 2.24) is 25.4 Å². The van der Waals surface area contributed by atoms with Crippen LogP contribution in [-0.2, 0) is 6.54 Å². The normalized spacial score (nSPS) is 10.7. The van der Waals surface area contributed by atoms with Gasteiger partial charge in [0, 0.05) is 23.6 Å². The first kappa shape index (κ1) is 14.2. The van der Waals surface area contributed by atoms with Gasteiger partial charge in [-0.3, -0.25) is 15.2 Å². The first-order valence-corrected chi connectivity index (χ1v) is 7.68. The van der Waals surface area contributed by atoms with Gasteiger partial charge in [-0.15, -0.1) is 0 Å². The Kier molecular flexibility index (Phi) is 3.77. The maximum atomic E-state index is 4.32. The third kappa shape index (κ3) is 3.03. The number of aromatic nitrogens is 5. The van der Waals surface area contributed by atoms with Crippen LogP contribution in [-0.4, -0.2) is 25.4 Å². The van der Waals surface area contributed by atoms with E-state index in [4.69, 9.17) is 0 Å². The van der Waals surface area contributed by atoms with E-state index in [2.05, 4.69) is 36.8 Å². The van der Waals surface area contributed by atoms with E-state index in [0.29, 0.717) is 6.54 Å². The van der Waals surface area contributed by atoms with Gasteiger partial charge in [0.2, 0.25) is 0 Å². The highest BCUT2D eigenvalue weighted by molar-refractivity contribution is 5.64. The van der Waals surface area contributed by atoms with E-state index in [1.54, 1.807) is 12.4 Å². The zero-order valence-corrected chi connectivity index (χ0v) is 12.9. The van der Waals surface area contributed by atoms with Crippen LogP contribution in [0.4, 0.5) is 5.69 Å². The molecule has 0 bridgehead atoms. The molecule has 0 atom stereocenters. The summed E-state index contributed by atoms with van der Waals surface area (Å²) in [5.41, 5.74) is 5.84. The summed E-state index contributed by atoms with van der Waals surface area (Å²) in [5, 5.41) is 17.7. The maximum Gasteiger partial charge on any atom is 0.111 e. The summed E-state index contributed by atoms with van der Waals surface area (Å²) >= 11 is 0. The van der Waals surface area contributed by atoms with Crippen LogP contribution in [0.1, 0.15) is 5.69 Å². The van der Waals surface area contributed by atoms with Crippen molar-refractivity contribution in [2.45, 2.75) is 6.54 Å². The molecule has 4 aromatic rings. The van der Waals surface area contributed by atoms with Gasteiger partial charge in [0.1, 0.15) is 5.69 Å². The van der Waals surface area contributed by atoms with Crippen LogP contribution in [0, 0.1) is 0 Å². The van der Waals surface area contributed by atoms with Crippen LogP contribution in [0.3, 0.4) is 0 Å². The summed E-state index contributed by atoms with van der Waals surface area (Å²) in [6, 6.07) is 17.9. The van der Waals surface area contributed by atoms with Crippen molar-refractivity contribution in [3.05, 3.63) is 72.7 Å². The molecule has 0 saturated heterocycles. The third-order valence-corrected chi connectivity index (χ3v) is 3.72. The molecule has 0 unspecified atom stereocenters. The molecule has 0 spiro atoms. The van der Waals surface area contributed by atoms with Crippen molar-refractivity contribution in [1.29, 1.82) is 0 Å². The van der Waals surface area contributed by atoms with E-state index in [0.717, 1.165) is 34.0 Å². The van der Waals surface area contributed by atoms with E-state index in [1.165, 1.54) is 0 Å². The minimum Gasteiger partial charge on any atom is -0.379 e. The third-order valence-electron chi connectivity index (χ3n) is 3.72. The molecule has 24 heavy (non-hydrogen) atoms. The van der Waals surface area contributed by atoms with Crippen LogP contribution < -0.4 is 5.32 Å². The van der Waals surface area contributed by atoms with E-state index in [9.17, 15) is 0 Å². The summed E-state index contributed by atoms with van der Waals surface area (Å²) in [4.78, 5) is 4.31. The molecule has 0 fully saturated rings. The monoisotopic (exact) mass is 316 g/mol. The molecular weight excluding hydrogens is 300 g/mol. The first-order chi connectivity index (χ1) is 11.9. The van der Waals surface area contributed by atoms with Crippen molar-refractivity contribution >= 4 is 5.69 Å². The summed E-state index contributed by atoms with van der Waals surface area (Å²) in [5.74, 6) is 0. The lowest BCUT2D eigenvalue weighted by atomic mass is 10.1. The number of nitrogens with zero attached hydrogens (tertiary/aromatic N) is 3. The molecule has 3 heterocycles. The molecule has 3 aromatic heterocycles. The molecule has 4 rings (SSSR count). The largest absolute Gasteiger partial charge is 0.379 e. The van der Waals surface area contributed by atoms with Crippen molar-refractivity contribution in [2.75, 3.05) is 5.32 Å². The van der Waals surface area contributed by atoms with Gasteiger partial charge in [-0.05, 0) is 36.4 Å². The summed E-state index contributed by atoms with van der Waals surface area (Å²) in [7, 11) is 0. The quantitative estimate of drug-likeness (QED) is 0.526. The number of hydrogen-bond donors (Lipinski definition) is 3. The maximum absolute atomic E-state index is 4.32. The number of anilines is 1. The van der Waals surface area contributed by atoms with Crippen LogP contribution in [0.2, 0.25) is 0 Å². The van der Waals surface area contributed by atoms with Gasteiger partial charge in [0.05, 0.1) is 23.6 Å². The lowest BCUT2D eigenvalue weighted by molar-refractivity contribution is 0.981. The molecule has 0 amide bonds. The highest BCUT2D eigenvalue weighted by atomic mass is 15.1. The summed E-state index contributed by atoms with van der Waals surface area (Å²) < 4.78 is 0. The SMILES string of the molecule is c1ccc(-c2cc(CNc3cccc(-c4ccn[nH]4)c3)[nH]n2)nc1. The second-order valence-corrected chi connectivity index (χ2v) is 5.40. The topological polar surface area (TPSA) is 82.3 Å². The summed E-state index contributed by atoms with van der Waals surface area (Å²) in [6.07, 6.45) is 3.52. The zero-order chi connectivity index (χ0) is 16.2. The van der Waals surface area contributed by atoms with E-state index >= 15 is 0 Å². The van der Waals surface area contributed by atoms with Gasteiger partial charge in [-0.2, -0.15) is 10.2 Å². The van der Waals surface area contributed by atoms with Gasteiger partial charge in [0.25, 0.3) is 0 Å². The second-order valence-electron chi connectivity index (χ2n) is 5.40. The molecule has 0 aliphatic rings. The molecule has 6 heteroatoms. The lowest BCUT2D eigenvalue weighted by Gasteiger charge is -2.06. The van der Waals surface area contributed by atoms with Crippen LogP contribution in [0.5, 0.6) is 0 Å². The standard InChI is InChI=1S/C18H16N6/c1-2-8-19-17(6-1)18-11-15(22-24-18)12-20-14-5-3-4-13(10-14)16-7-9-21-23-16/h1-11,20H,12H2,(H,21,23)(H,22,24). The molecule has 0 aliphatic heterocycles. The van der Waals surface area contributed by atoms with Crippen LogP contribution in [0.15, 0.2) is 67.0 Å². The van der Waals surface area contributed by atoms with Crippen LogP contribution in [0.25, 0.3) is 22.6 Å². The van der Waals surface area contributed by atoms with Gasteiger partial charge in [-0.25, -0.2) is 0 Å². The van der Waals surface area contributed by atoms with Gasteiger partial charge >= 0.3 is 0 Å². The number of nitrogens with one attached hydrogen (secondary N) is 3. The first-order valence-electron chi connectivity index (χ1n) is 7.68. The number of pyridine rings is 1. The highest BCUT2D eigenvalue weighted by Gasteiger charge is 2.05. The minimum atomic E-state index is 0.659. The smallest absolute Gasteiger partial charge is 0.111 e. The minimum absolute atomic E-state index is 0.659. The van der Waals surface area contributed by atoms with E-state index < -0.39 is 0 Å². The molecule has 0 saturated carbocycles.